The minimum absolute atomic E-state index is 0.499. The fourth-order valence-electron chi connectivity index (χ4n) is 4.71. The summed E-state index contributed by atoms with van der Waals surface area (Å²) in [6.45, 7) is 2.11. The Morgan fingerprint density at radius 1 is 1.27 bits per heavy atom. The number of nitrogens with zero attached hydrogens (tertiary/aromatic N) is 4. The van der Waals surface area contributed by atoms with E-state index in [1.54, 1.807) is 12.5 Å². The quantitative estimate of drug-likeness (QED) is 0.655. The lowest BCUT2D eigenvalue weighted by molar-refractivity contribution is 0.223. The number of benzene rings is 1. The molecule has 4 nitrogen and oxygen atoms in total. The molecule has 26 heavy (non-hydrogen) atoms. The predicted octanol–water partition coefficient (Wildman–Crippen LogP) is 4.79. The SMILES string of the molecule is C/C(=C\n1c2c(c3cc(Cl)ccc31)C1CCC(C2)N1C)c1ccncn1. The number of aromatic nitrogens is 3. The van der Waals surface area contributed by atoms with Crippen LogP contribution in [0.2, 0.25) is 5.02 Å². The lowest BCUT2D eigenvalue weighted by atomic mass is 9.97. The number of hydrogen-bond acceptors (Lipinski definition) is 3. The van der Waals surface area contributed by atoms with Crippen molar-refractivity contribution in [2.24, 2.45) is 0 Å². The van der Waals surface area contributed by atoms with Crippen LogP contribution in [0, 0.1) is 0 Å². The monoisotopic (exact) mass is 364 g/mol. The van der Waals surface area contributed by atoms with Gasteiger partial charge < -0.3 is 4.57 Å². The van der Waals surface area contributed by atoms with Crippen molar-refractivity contribution >= 4 is 34.3 Å². The fourth-order valence-corrected chi connectivity index (χ4v) is 4.88. The first-order valence-corrected chi connectivity index (χ1v) is 9.50. The van der Waals surface area contributed by atoms with Crippen molar-refractivity contribution in [2.75, 3.05) is 7.05 Å². The Kier molecular flexibility index (Phi) is 3.66. The van der Waals surface area contributed by atoms with E-state index in [9.17, 15) is 0 Å². The fraction of sp³-hybridized carbons (Fsp3) is 0.333. The smallest absolute Gasteiger partial charge is 0.116 e. The van der Waals surface area contributed by atoms with E-state index in [4.69, 9.17) is 11.6 Å². The van der Waals surface area contributed by atoms with Crippen LogP contribution in [0.4, 0.5) is 0 Å². The van der Waals surface area contributed by atoms with Crippen molar-refractivity contribution in [3.63, 3.8) is 0 Å². The third-order valence-corrected chi connectivity index (χ3v) is 6.26. The molecule has 5 heteroatoms. The number of hydrogen-bond donors (Lipinski definition) is 0. The first-order chi connectivity index (χ1) is 12.6. The Balaban J connectivity index is 1.75. The molecule has 0 spiro atoms. The Bertz CT molecular complexity index is 1020. The van der Waals surface area contributed by atoms with E-state index in [0.29, 0.717) is 12.1 Å². The number of rotatable bonds is 2. The molecule has 2 aliphatic heterocycles. The minimum Gasteiger partial charge on any atom is -0.320 e. The maximum atomic E-state index is 6.35. The highest BCUT2D eigenvalue weighted by Crippen LogP contribution is 2.47. The van der Waals surface area contributed by atoms with Gasteiger partial charge in [0.05, 0.1) is 11.2 Å². The molecular formula is C21H21ClN4. The molecule has 132 valence electrons. The molecule has 2 aromatic heterocycles. The van der Waals surface area contributed by atoms with Crippen LogP contribution in [0.5, 0.6) is 0 Å². The molecule has 5 rings (SSSR count). The zero-order valence-electron chi connectivity index (χ0n) is 15.0. The van der Waals surface area contributed by atoms with Crippen LogP contribution >= 0.6 is 11.6 Å². The van der Waals surface area contributed by atoms with Gasteiger partial charge >= 0.3 is 0 Å². The first-order valence-electron chi connectivity index (χ1n) is 9.12. The first kappa shape index (κ1) is 16.0. The van der Waals surface area contributed by atoms with Crippen LogP contribution in [0.3, 0.4) is 0 Å². The second-order valence-corrected chi connectivity index (χ2v) is 7.85. The van der Waals surface area contributed by atoms with E-state index in [2.05, 4.69) is 51.7 Å². The van der Waals surface area contributed by atoms with E-state index < -0.39 is 0 Å². The van der Waals surface area contributed by atoms with Crippen molar-refractivity contribution in [3.05, 3.63) is 58.8 Å². The lowest BCUT2D eigenvalue weighted by Crippen LogP contribution is -2.34. The van der Waals surface area contributed by atoms with Gasteiger partial charge in [0.25, 0.3) is 0 Å². The van der Waals surface area contributed by atoms with Gasteiger partial charge in [-0.25, -0.2) is 9.97 Å². The van der Waals surface area contributed by atoms with Gasteiger partial charge in [-0.15, -0.1) is 0 Å². The van der Waals surface area contributed by atoms with Gasteiger partial charge in [-0.2, -0.15) is 0 Å². The summed E-state index contributed by atoms with van der Waals surface area (Å²) in [5, 5.41) is 2.09. The number of allylic oxidation sites excluding steroid dienone is 1. The highest BCUT2D eigenvalue weighted by Gasteiger charge is 2.40. The number of halogens is 1. The summed E-state index contributed by atoms with van der Waals surface area (Å²) >= 11 is 6.35. The predicted molar refractivity (Wildman–Crippen MR) is 106 cm³/mol. The normalized spacial score (nSPS) is 22.8. The van der Waals surface area contributed by atoms with Crippen molar-refractivity contribution in [1.82, 2.24) is 19.4 Å². The van der Waals surface area contributed by atoms with E-state index in [0.717, 1.165) is 22.7 Å². The third kappa shape index (κ3) is 2.32. The molecule has 3 aromatic rings. The summed E-state index contributed by atoms with van der Waals surface area (Å²) in [5.41, 5.74) is 6.22. The van der Waals surface area contributed by atoms with Gasteiger partial charge in [0, 0.05) is 47.0 Å². The second-order valence-electron chi connectivity index (χ2n) is 7.42. The molecule has 0 N–H and O–H groups in total. The molecule has 0 amide bonds. The average molecular weight is 365 g/mol. The zero-order chi connectivity index (χ0) is 17.8. The average Bonchev–Trinajstić information content (AvgIpc) is 3.06. The molecule has 2 unspecified atom stereocenters. The second kappa shape index (κ2) is 5.93. The summed E-state index contributed by atoms with van der Waals surface area (Å²) < 4.78 is 2.37. The van der Waals surface area contributed by atoms with Crippen LogP contribution in [0.15, 0.2) is 36.8 Å². The summed E-state index contributed by atoms with van der Waals surface area (Å²) in [5.74, 6) is 0. The highest BCUT2D eigenvalue weighted by molar-refractivity contribution is 6.31. The lowest BCUT2D eigenvalue weighted by Gasteiger charge is -2.32. The maximum absolute atomic E-state index is 6.35. The van der Waals surface area contributed by atoms with E-state index >= 15 is 0 Å². The molecule has 1 aromatic carbocycles. The van der Waals surface area contributed by atoms with Crippen molar-refractivity contribution in [2.45, 2.75) is 38.3 Å². The minimum atomic E-state index is 0.499. The summed E-state index contributed by atoms with van der Waals surface area (Å²) in [6, 6.07) is 9.36. The van der Waals surface area contributed by atoms with Crippen LogP contribution in [0.1, 0.15) is 42.8 Å². The topological polar surface area (TPSA) is 34.0 Å². The van der Waals surface area contributed by atoms with Crippen LogP contribution in [-0.4, -0.2) is 32.5 Å². The Labute approximate surface area is 158 Å². The molecule has 1 saturated heterocycles. The maximum Gasteiger partial charge on any atom is 0.116 e. The summed E-state index contributed by atoms with van der Waals surface area (Å²) in [4.78, 5) is 11.0. The summed E-state index contributed by atoms with van der Waals surface area (Å²) in [7, 11) is 2.26. The molecule has 4 heterocycles. The van der Waals surface area contributed by atoms with E-state index in [1.807, 2.05) is 12.1 Å². The molecule has 2 atom stereocenters. The molecule has 0 aliphatic carbocycles. The Morgan fingerprint density at radius 2 is 2.15 bits per heavy atom. The van der Waals surface area contributed by atoms with Crippen LogP contribution in [0.25, 0.3) is 22.7 Å². The van der Waals surface area contributed by atoms with Gasteiger partial charge in [0.1, 0.15) is 6.33 Å². The number of fused-ring (bicyclic) bond motifs is 6. The molecular weight excluding hydrogens is 344 g/mol. The van der Waals surface area contributed by atoms with E-state index in [-0.39, 0.29) is 0 Å². The van der Waals surface area contributed by atoms with Gasteiger partial charge in [0.2, 0.25) is 0 Å². The van der Waals surface area contributed by atoms with Gasteiger partial charge in [-0.3, -0.25) is 4.90 Å². The molecule has 0 saturated carbocycles. The number of likely N-dealkylation sites (N-methyl/N-ethyl adjacent to an activating group) is 1. The molecule has 1 fully saturated rings. The van der Waals surface area contributed by atoms with Gasteiger partial charge in [-0.1, -0.05) is 11.6 Å². The summed E-state index contributed by atoms with van der Waals surface area (Å²) in [6.07, 6.45) is 9.20. The molecule has 2 aliphatic rings. The van der Waals surface area contributed by atoms with E-state index in [1.165, 1.54) is 35.0 Å². The van der Waals surface area contributed by atoms with Crippen molar-refractivity contribution in [3.8, 4) is 0 Å². The Hall–Kier alpha value is -2.17. The van der Waals surface area contributed by atoms with Gasteiger partial charge in [0.15, 0.2) is 0 Å². The van der Waals surface area contributed by atoms with Crippen molar-refractivity contribution < 1.29 is 0 Å². The zero-order valence-corrected chi connectivity index (χ0v) is 15.7. The van der Waals surface area contributed by atoms with Gasteiger partial charge in [-0.05, 0) is 62.2 Å². The highest BCUT2D eigenvalue weighted by atomic mass is 35.5. The molecule has 2 bridgehead atoms. The van der Waals surface area contributed by atoms with Crippen LogP contribution in [-0.2, 0) is 6.42 Å². The largest absolute Gasteiger partial charge is 0.320 e. The third-order valence-electron chi connectivity index (χ3n) is 6.02. The van der Waals surface area contributed by atoms with Crippen LogP contribution < -0.4 is 0 Å². The molecule has 0 radical (unpaired) electrons. The Morgan fingerprint density at radius 3 is 2.96 bits per heavy atom. The van der Waals surface area contributed by atoms with Crippen molar-refractivity contribution in [1.29, 1.82) is 0 Å². The standard InChI is InChI=1S/C21H21ClN4/c1-13(17-7-8-23-12-24-17)11-26-18-5-3-14(22)9-16(18)21-19-6-4-15(25(19)2)10-20(21)26/h3,5,7-9,11-12,15,19H,4,6,10H2,1-2H3/b13-11+.